The average molecular weight is 373 g/mol. The van der Waals surface area contributed by atoms with E-state index in [0.29, 0.717) is 16.9 Å². The summed E-state index contributed by atoms with van der Waals surface area (Å²) in [5.74, 6) is -0.249. The molecule has 0 atom stereocenters. The van der Waals surface area contributed by atoms with Crippen molar-refractivity contribution in [1.29, 1.82) is 0 Å². The highest BCUT2D eigenvalue weighted by Crippen LogP contribution is 2.28. The summed E-state index contributed by atoms with van der Waals surface area (Å²) >= 11 is 11.8. The van der Waals surface area contributed by atoms with Gasteiger partial charge < -0.3 is 5.32 Å². The van der Waals surface area contributed by atoms with Gasteiger partial charge in [-0.3, -0.25) is 9.52 Å². The van der Waals surface area contributed by atoms with Gasteiger partial charge in [0, 0.05) is 17.6 Å². The van der Waals surface area contributed by atoms with E-state index in [2.05, 4.69) is 10.0 Å². The molecule has 0 fully saturated rings. The summed E-state index contributed by atoms with van der Waals surface area (Å²) in [6.07, 6.45) is 0. The fraction of sp³-hybridized carbons (Fsp3) is 0.133. The van der Waals surface area contributed by atoms with E-state index >= 15 is 0 Å². The number of hydrogen-bond acceptors (Lipinski definition) is 3. The van der Waals surface area contributed by atoms with Crippen molar-refractivity contribution in [2.24, 2.45) is 0 Å². The molecule has 2 aromatic rings. The van der Waals surface area contributed by atoms with E-state index < -0.39 is 10.0 Å². The van der Waals surface area contributed by atoms with Crippen LogP contribution in [0.2, 0.25) is 10.0 Å². The number of benzene rings is 2. The predicted molar refractivity (Wildman–Crippen MR) is 92.8 cm³/mol. The third-order valence-corrected chi connectivity index (χ3v) is 5.07. The van der Waals surface area contributed by atoms with Crippen molar-refractivity contribution in [2.75, 3.05) is 10.0 Å². The Morgan fingerprint density at radius 3 is 2.43 bits per heavy atom. The number of rotatable bonds is 4. The first-order valence-electron chi connectivity index (χ1n) is 6.55. The van der Waals surface area contributed by atoms with Gasteiger partial charge in [0.05, 0.1) is 10.7 Å². The number of amides is 1. The molecule has 0 bridgehead atoms. The largest absolute Gasteiger partial charge is 0.326 e. The Hall–Kier alpha value is -1.76. The van der Waals surface area contributed by atoms with Gasteiger partial charge in [-0.15, -0.1) is 0 Å². The van der Waals surface area contributed by atoms with Gasteiger partial charge in [-0.25, -0.2) is 8.42 Å². The topological polar surface area (TPSA) is 75.3 Å². The number of sulfonamides is 1. The molecule has 1 amide bonds. The fourth-order valence-electron chi connectivity index (χ4n) is 1.90. The molecule has 0 aliphatic carbocycles. The number of aryl methyl sites for hydroxylation is 1. The number of carbonyl (C=O) groups is 1. The Kier molecular flexibility index (Phi) is 5.19. The zero-order chi connectivity index (χ0) is 17.2. The third-order valence-electron chi connectivity index (χ3n) is 2.99. The first-order valence-corrected chi connectivity index (χ1v) is 8.79. The second-order valence-electron chi connectivity index (χ2n) is 4.89. The van der Waals surface area contributed by atoms with E-state index in [4.69, 9.17) is 23.2 Å². The number of anilines is 2. The summed E-state index contributed by atoms with van der Waals surface area (Å²) < 4.78 is 27.5. The first kappa shape index (κ1) is 17.6. The van der Waals surface area contributed by atoms with Gasteiger partial charge >= 0.3 is 0 Å². The van der Waals surface area contributed by atoms with Crippen LogP contribution in [-0.4, -0.2) is 14.3 Å². The molecule has 0 heterocycles. The summed E-state index contributed by atoms with van der Waals surface area (Å²) in [7, 11) is -3.91. The molecule has 0 aliphatic rings. The number of carbonyl (C=O) groups excluding carboxylic acids is 1. The maximum atomic E-state index is 12.5. The molecule has 2 N–H and O–H groups in total. The highest BCUT2D eigenvalue weighted by atomic mass is 35.5. The minimum absolute atomic E-state index is 0.0672. The number of halogens is 2. The fourth-order valence-corrected chi connectivity index (χ4v) is 3.78. The average Bonchev–Trinajstić information content (AvgIpc) is 2.44. The summed E-state index contributed by atoms with van der Waals surface area (Å²) in [4.78, 5) is 11.0. The quantitative estimate of drug-likeness (QED) is 0.849. The van der Waals surface area contributed by atoms with Crippen molar-refractivity contribution in [3.05, 3.63) is 52.0 Å². The van der Waals surface area contributed by atoms with Crippen molar-refractivity contribution in [2.45, 2.75) is 18.7 Å². The predicted octanol–water partition coefficient (Wildman–Crippen LogP) is 4.06. The van der Waals surface area contributed by atoms with E-state index in [-0.39, 0.29) is 20.8 Å². The van der Waals surface area contributed by atoms with E-state index in [9.17, 15) is 13.2 Å². The third kappa shape index (κ3) is 4.37. The standard InChI is InChI=1S/C15H14Cl2N2O3S/c1-9-3-5-12(18-10(2)20)8-14(9)19-23(21,22)15-7-11(16)4-6-13(15)17/h3-8,19H,1-2H3,(H,18,20). The molecule has 0 aliphatic heterocycles. The van der Waals surface area contributed by atoms with E-state index in [1.54, 1.807) is 19.1 Å². The Balaban J connectivity index is 2.40. The van der Waals surface area contributed by atoms with Crippen molar-refractivity contribution < 1.29 is 13.2 Å². The van der Waals surface area contributed by atoms with Crippen LogP contribution >= 0.6 is 23.2 Å². The van der Waals surface area contributed by atoms with Gasteiger partial charge in [0.15, 0.2) is 0 Å². The maximum Gasteiger partial charge on any atom is 0.263 e. The van der Waals surface area contributed by atoms with Gasteiger partial charge in [-0.1, -0.05) is 29.3 Å². The second kappa shape index (κ2) is 6.78. The molecule has 0 saturated heterocycles. The van der Waals surface area contributed by atoms with Gasteiger partial charge in [0.25, 0.3) is 10.0 Å². The highest BCUT2D eigenvalue weighted by molar-refractivity contribution is 7.92. The smallest absolute Gasteiger partial charge is 0.263 e. The first-order chi connectivity index (χ1) is 10.7. The molecule has 0 spiro atoms. The van der Waals surface area contributed by atoms with E-state index in [0.717, 1.165) is 0 Å². The summed E-state index contributed by atoms with van der Waals surface area (Å²) in [6, 6.07) is 9.11. The molecule has 5 nitrogen and oxygen atoms in total. The van der Waals surface area contributed by atoms with Crippen molar-refractivity contribution in [3.8, 4) is 0 Å². The number of nitrogens with one attached hydrogen (secondary N) is 2. The lowest BCUT2D eigenvalue weighted by atomic mass is 10.2. The summed E-state index contributed by atoms with van der Waals surface area (Å²) in [6.45, 7) is 3.12. The number of hydrogen-bond donors (Lipinski definition) is 2. The summed E-state index contributed by atoms with van der Waals surface area (Å²) in [5.41, 5.74) is 1.52. The van der Waals surface area contributed by atoms with Gasteiger partial charge in [-0.05, 0) is 42.8 Å². The van der Waals surface area contributed by atoms with Crippen molar-refractivity contribution in [1.82, 2.24) is 0 Å². The molecule has 2 rings (SSSR count). The van der Waals surface area contributed by atoms with Crippen LogP contribution in [0.3, 0.4) is 0 Å². The molecule has 0 unspecified atom stereocenters. The van der Waals surface area contributed by atoms with Crippen LogP contribution in [-0.2, 0) is 14.8 Å². The van der Waals surface area contributed by atoms with Crippen LogP contribution in [0.25, 0.3) is 0 Å². The van der Waals surface area contributed by atoms with Gasteiger partial charge in [0.1, 0.15) is 4.90 Å². The minimum atomic E-state index is -3.91. The lowest BCUT2D eigenvalue weighted by Crippen LogP contribution is -2.15. The van der Waals surface area contributed by atoms with Crippen LogP contribution in [0.15, 0.2) is 41.3 Å². The molecule has 0 radical (unpaired) electrons. The summed E-state index contributed by atoms with van der Waals surface area (Å²) in [5, 5.41) is 2.93. The molecular formula is C15H14Cl2N2O3S. The lowest BCUT2D eigenvalue weighted by Gasteiger charge is -2.13. The van der Waals surface area contributed by atoms with Crippen LogP contribution in [0, 0.1) is 6.92 Å². The second-order valence-corrected chi connectivity index (χ2v) is 7.39. The molecule has 122 valence electrons. The van der Waals surface area contributed by atoms with Crippen LogP contribution in [0.4, 0.5) is 11.4 Å². The van der Waals surface area contributed by atoms with Crippen LogP contribution in [0.5, 0.6) is 0 Å². The van der Waals surface area contributed by atoms with Gasteiger partial charge in [-0.2, -0.15) is 0 Å². The zero-order valence-electron chi connectivity index (χ0n) is 12.4. The highest BCUT2D eigenvalue weighted by Gasteiger charge is 2.19. The molecule has 8 heteroatoms. The van der Waals surface area contributed by atoms with Crippen molar-refractivity contribution >= 4 is 50.5 Å². The van der Waals surface area contributed by atoms with Crippen molar-refractivity contribution in [3.63, 3.8) is 0 Å². The maximum absolute atomic E-state index is 12.5. The molecular weight excluding hydrogens is 359 g/mol. The van der Waals surface area contributed by atoms with E-state index in [1.807, 2.05) is 0 Å². The SMILES string of the molecule is CC(=O)Nc1ccc(C)c(NS(=O)(=O)c2cc(Cl)ccc2Cl)c1. The molecule has 23 heavy (non-hydrogen) atoms. The van der Waals surface area contributed by atoms with Gasteiger partial charge in [0.2, 0.25) is 5.91 Å². The Labute approximate surface area is 144 Å². The van der Waals surface area contributed by atoms with Crippen LogP contribution in [0.1, 0.15) is 12.5 Å². The monoisotopic (exact) mass is 372 g/mol. The Morgan fingerprint density at radius 2 is 1.78 bits per heavy atom. The lowest BCUT2D eigenvalue weighted by molar-refractivity contribution is -0.114. The van der Waals surface area contributed by atoms with Crippen LogP contribution < -0.4 is 10.0 Å². The molecule has 0 aromatic heterocycles. The molecule has 0 saturated carbocycles. The Morgan fingerprint density at radius 1 is 1.09 bits per heavy atom. The van der Waals surface area contributed by atoms with E-state index in [1.165, 1.54) is 31.2 Å². The zero-order valence-corrected chi connectivity index (χ0v) is 14.7. The minimum Gasteiger partial charge on any atom is -0.326 e. The molecule has 2 aromatic carbocycles. The normalized spacial score (nSPS) is 11.1. The Bertz CT molecular complexity index is 867.